The van der Waals surface area contributed by atoms with Crippen molar-refractivity contribution in [2.75, 3.05) is 7.05 Å². The normalized spacial score (nSPS) is 11.5. The molecule has 0 aliphatic heterocycles. The first-order valence-electron chi connectivity index (χ1n) is 8.26. The summed E-state index contributed by atoms with van der Waals surface area (Å²) in [6.45, 7) is 4.38. The smallest absolute Gasteiger partial charge is 0.191 e. The van der Waals surface area contributed by atoms with E-state index in [2.05, 4.69) is 66.3 Å². The van der Waals surface area contributed by atoms with Crippen LogP contribution in [0.2, 0.25) is 0 Å². The Balaban J connectivity index is 1.55. The van der Waals surface area contributed by atoms with Gasteiger partial charge in [0.2, 0.25) is 0 Å². The van der Waals surface area contributed by atoms with Gasteiger partial charge in [-0.25, -0.2) is 4.98 Å². The second kappa shape index (κ2) is 8.48. The molecule has 0 aliphatic carbocycles. The van der Waals surface area contributed by atoms with E-state index in [4.69, 9.17) is 0 Å². The molecule has 0 unspecified atom stereocenters. The van der Waals surface area contributed by atoms with Gasteiger partial charge in [0.1, 0.15) is 5.82 Å². The molecule has 3 aromatic rings. The number of aliphatic imine (C=N–C) groups is 1. The lowest BCUT2D eigenvalue weighted by molar-refractivity contribution is 0.758. The van der Waals surface area contributed by atoms with Gasteiger partial charge in [-0.3, -0.25) is 4.99 Å². The molecular formula is C19H23N5S. The maximum absolute atomic E-state index is 4.28. The summed E-state index contributed by atoms with van der Waals surface area (Å²) in [5.74, 6) is 1.84. The number of aryl methyl sites for hydroxylation is 1. The van der Waals surface area contributed by atoms with Gasteiger partial charge >= 0.3 is 0 Å². The van der Waals surface area contributed by atoms with Crippen LogP contribution in [-0.4, -0.2) is 22.6 Å². The van der Waals surface area contributed by atoms with E-state index in [-0.39, 0.29) is 0 Å². The van der Waals surface area contributed by atoms with Crippen molar-refractivity contribution in [3.8, 4) is 0 Å². The highest BCUT2D eigenvalue weighted by atomic mass is 32.1. The van der Waals surface area contributed by atoms with Crippen molar-refractivity contribution >= 4 is 17.3 Å². The highest BCUT2D eigenvalue weighted by Gasteiger charge is 2.02. The highest BCUT2D eigenvalue weighted by molar-refractivity contribution is 7.07. The van der Waals surface area contributed by atoms with Gasteiger partial charge in [0.25, 0.3) is 0 Å². The van der Waals surface area contributed by atoms with E-state index >= 15 is 0 Å². The highest BCUT2D eigenvalue weighted by Crippen LogP contribution is 2.09. The monoisotopic (exact) mass is 353 g/mol. The summed E-state index contributed by atoms with van der Waals surface area (Å²) in [5, 5.41) is 10.9. The van der Waals surface area contributed by atoms with Gasteiger partial charge in [0, 0.05) is 39.1 Å². The van der Waals surface area contributed by atoms with E-state index in [0.29, 0.717) is 0 Å². The summed E-state index contributed by atoms with van der Waals surface area (Å²) in [6.07, 6.45) is 3.85. The summed E-state index contributed by atoms with van der Waals surface area (Å²) in [4.78, 5) is 8.56. The number of rotatable bonds is 6. The quantitative estimate of drug-likeness (QED) is 0.529. The fourth-order valence-corrected chi connectivity index (χ4v) is 3.26. The lowest BCUT2D eigenvalue weighted by Gasteiger charge is -2.12. The lowest BCUT2D eigenvalue weighted by Crippen LogP contribution is -2.36. The van der Waals surface area contributed by atoms with Gasteiger partial charge in [-0.1, -0.05) is 24.3 Å². The first-order chi connectivity index (χ1) is 12.2. The van der Waals surface area contributed by atoms with Crippen molar-refractivity contribution in [3.05, 3.63) is 76.0 Å². The predicted octanol–water partition coefficient (Wildman–Crippen LogP) is 3.17. The van der Waals surface area contributed by atoms with E-state index in [1.165, 1.54) is 16.7 Å². The van der Waals surface area contributed by atoms with Crippen LogP contribution >= 0.6 is 11.3 Å². The Kier molecular flexibility index (Phi) is 5.85. The molecule has 0 aliphatic rings. The van der Waals surface area contributed by atoms with Crippen LogP contribution in [0.4, 0.5) is 0 Å². The molecule has 2 heterocycles. The lowest BCUT2D eigenvalue weighted by atomic mass is 10.1. The van der Waals surface area contributed by atoms with Crippen LogP contribution in [-0.2, 0) is 19.6 Å². The molecule has 6 heteroatoms. The third-order valence-corrected chi connectivity index (χ3v) is 4.72. The maximum Gasteiger partial charge on any atom is 0.191 e. The number of imidazole rings is 1. The number of nitrogens with zero attached hydrogens (tertiary/aromatic N) is 3. The number of guanidine groups is 1. The molecule has 1 aromatic carbocycles. The Hall–Kier alpha value is -2.60. The molecule has 0 radical (unpaired) electrons. The summed E-state index contributed by atoms with van der Waals surface area (Å²) in [5.41, 5.74) is 3.76. The third-order valence-electron chi connectivity index (χ3n) is 3.99. The number of benzene rings is 1. The maximum atomic E-state index is 4.28. The molecule has 2 N–H and O–H groups in total. The van der Waals surface area contributed by atoms with Gasteiger partial charge < -0.3 is 15.2 Å². The molecule has 0 saturated heterocycles. The van der Waals surface area contributed by atoms with E-state index in [1.54, 1.807) is 18.4 Å². The summed E-state index contributed by atoms with van der Waals surface area (Å²) in [7, 11) is 1.79. The van der Waals surface area contributed by atoms with Crippen molar-refractivity contribution in [1.82, 2.24) is 20.2 Å². The Morgan fingerprint density at radius 2 is 1.96 bits per heavy atom. The summed E-state index contributed by atoms with van der Waals surface area (Å²) < 4.78 is 2.15. The third kappa shape index (κ3) is 4.93. The number of aromatic nitrogens is 2. The molecule has 3 rings (SSSR count). The number of thiophene rings is 1. The molecule has 0 spiro atoms. The Labute approximate surface area is 152 Å². The molecule has 0 amide bonds. The minimum absolute atomic E-state index is 0.736. The van der Waals surface area contributed by atoms with Crippen LogP contribution in [0.5, 0.6) is 0 Å². The van der Waals surface area contributed by atoms with Crippen LogP contribution in [0.1, 0.15) is 22.5 Å². The molecule has 25 heavy (non-hydrogen) atoms. The number of nitrogens with one attached hydrogen (secondary N) is 2. The average molecular weight is 353 g/mol. The van der Waals surface area contributed by atoms with Gasteiger partial charge in [-0.2, -0.15) is 11.3 Å². The SMILES string of the molecule is CN=C(NCc1ccsc1)NCc1cccc(Cn2ccnc2C)c1. The Morgan fingerprint density at radius 3 is 2.64 bits per heavy atom. The van der Waals surface area contributed by atoms with Crippen molar-refractivity contribution < 1.29 is 0 Å². The standard InChI is InChI=1S/C19H23N5S/c1-15-21-7-8-24(15)13-17-5-3-4-16(10-17)11-22-19(20-2)23-12-18-6-9-25-14-18/h3-10,14H,11-13H2,1-2H3,(H2,20,22,23). The number of hydrogen-bond acceptors (Lipinski definition) is 3. The largest absolute Gasteiger partial charge is 0.352 e. The first-order valence-corrected chi connectivity index (χ1v) is 9.20. The number of hydrogen-bond donors (Lipinski definition) is 2. The Bertz CT molecular complexity index is 820. The van der Waals surface area contributed by atoms with Crippen LogP contribution in [0.3, 0.4) is 0 Å². The topological polar surface area (TPSA) is 54.2 Å². The van der Waals surface area contributed by atoms with E-state index < -0.39 is 0 Å². The molecule has 5 nitrogen and oxygen atoms in total. The molecule has 2 aromatic heterocycles. The van der Waals surface area contributed by atoms with Crippen molar-refractivity contribution in [2.24, 2.45) is 4.99 Å². The van der Waals surface area contributed by atoms with E-state index in [0.717, 1.165) is 31.4 Å². The molecule has 130 valence electrons. The summed E-state index contributed by atoms with van der Waals surface area (Å²) in [6, 6.07) is 10.7. The first kappa shape index (κ1) is 17.2. The summed E-state index contributed by atoms with van der Waals surface area (Å²) >= 11 is 1.71. The second-order valence-electron chi connectivity index (χ2n) is 5.83. The van der Waals surface area contributed by atoms with Crippen LogP contribution < -0.4 is 10.6 Å². The Morgan fingerprint density at radius 1 is 1.16 bits per heavy atom. The minimum Gasteiger partial charge on any atom is -0.352 e. The van der Waals surface area contributed by atoms with Crippen LogP contribution in [0.25, 0.3) is 0 Å². The van der Waals surface area contributed by atoms with Crippen molar-refractivity contribution in [3.63, 3.8) is 0 Å². The van der Waals surface area contributed by atoms with E-state index in [9.17, 15) is 0 Å². The minimum atomic E-state index is 0.736. The molecule has 0 bridgehead atoms. The average Bonchev–Trinajstić information content (AvgIpc) is 3.28. The fourth-order valence-electron chi connectivity index (χ4n) is 2.59. The zero-order valence-electron chi connectivity index (χ0n) is 14.6. The van der Waals surface area contributed by atoms with Gasteiger partial charge in [-0.05, 0) is 40.4 Å². The van der Waals surface area contributed by atoms with Crippen molar-refractivity contribution in [2.45, 2.75) is 26.6 Å². The van der Waals surface area contributed by atoms with Crippen molar-refractivity contribution in [1.29, 1.82) is 0 Å². The molecule has 0 fully saturated rings. The van der Waals surface area contributed by atoms with Crippen LogP contribution in [0.15, 0.2) is 58.5 Å². The fraction of sp³-hybridized carbons (Fsp3) is 0.263. The zero-order valence-corrected chi connectivity index (χ0v) is 15.4. The predicted molar refractivity (Wildman–Crippen MR) is 104 cm³/mol. The molecule has 0 saturated carbocycles. The van der Waals surface area contributed by atoms with Gasteiger partial charge in [0.15, 0.2) is 5.96 Å². The second-order valence-corrected chi connectivity index (χ2v) is 6.61. The van der Waals surface area contributed by atoms with Crippen LogP contribution in [0, 0.1) is 6.92 Å². The van der Waals surface area contributed by atoms with E-state index in [1.807, 2.05) is 19.3 Å². The zero-order chi connectivity index (χ0) is 17.5. The molecule has 0 atom stereocenters. The van der Waals surface area contributed by atoms with Gasteiger partial charge in [-0.15, -0.1) is 0 Å². The molecular weight excluding hydrogens is 330 g/mol. The van der Waals surface area contributed by atoms with Gasteiger partial charge in [0.05, 0.1) is 0 Å².